The fraction of sp³-hybridized carbons (Fsp3) is 0.300. The molecule has 124 valence electrons. The molecule has 0 aromatic heterocycles. The second kappa shape index (κ2) is 6.48. The molecule has 24 heavy (non-hydrogen) atoms. The van der Waals surface area contributed by atoms with Gasteiger partial charge in [-0.25, -0.2) is 4.90 Å². The largest absolute Gasteiger partial charge is 0.373 e. The van der Waals surface area contributed by atoms with Crippen LogP contribution in [0.25, 0.3) is 0 Å². The Morgan fingerprint density at radius 2 is 1.79 bits per heavy atom. The van der Waals surface area contributed by atoms with Crippen molar-refractivity contribution in [3.63, 3.8) is 0 Å². The monoisotopic (exact) mass is 322 g/mol. The van der Waals surface area contributed by atoms with Crippen LogP contribution in [0, 0.1) is 13.8 Å². The van der Waals surface area contributed by atoms with Crippen LogP contribution >= 0.6 is 0 Å². The van der Waals surface area contributed by atoms with E-state index in [1.807, 2.05) is 56.3 Å². The standard InChI is InChI=1S/C20H22N2O2/c1-4-15-7-9-16(10-8-15)22-19(23)12-18(20(22)24)21-17-11-13(2)5-6-14(17)3/h5-11,18,21H,4,12H2,1-3H3. The predicted octanol–water partition coefficient (Wildman–Crippen LogP) is 3.61. The molecule has 2 aromatic carbocycles. The third-order valence-electron chi connectivity index (χ3n) is 4.47. The Morgan fingerprint density at radius 1 is 1.08 bits per heavy atom. The zero-order valence-electron chi connectivity index (χ0n) is 14.3. The lowest BCUT2D eigenvalue weighted by atomic mass is 10.1. The van der Waals surface area contributed by atoms with Gasteiger partial charge < -0.3 is 5.32 Å². The number of anilines is 2. The van der Waals surface area contributed by atoms with E-state index in [4.69, 9.17) is 0 Å². The minimum atomic E-state index is -0.510. The van der Waals surface area contributed by atoms with E-state index in [1.54, 1.807) is 0 Å². The van der Waals surface area contributed by atoms with Crippen molar-refractivity contribution in [2.45, 2.75) is 39.7 Å². The van der Waals surface area contributed by atoms with Crippen LogP contribution in [0.1, 0.15) is 30.0 Å². The number of imide groups is 1. The molecule has 4 heteroatoms. The summed E-state index contributed by atoms with van der Waals surface area (Å²) >= 11 is 0. The lowest BCUT2D eigenvalue weighted by Crippen LogP contribution is -2.34. The molecule has 1 aliphatic heterocycles. The minimum Gasteiger partial charge on any atom is -0.373 e. The summed E-state index contributed by atoms with van der Waals surface area (Å²) in [7, 11) is 0. The first-order valence-corrected chi connectivity index (χ1v) is 8.29. The summed E-state index contributed by atoms with van der Waals surface area (Å²) in [6, 6.07) is 13.1. The van der Waals surface area contributed by atoms with Gasteiger partial charge in [0.1, 0.15) is 6.04 Å². The molecule has 1 saturated heterocycles. The van der Waals surface area contributed by atoms with E-state index in [1.165, 1.54) is 10.5 Å². The Kier molecular flexibility index (Phi) is 4.38. The highest BCUT2D eigenvalue weighted by molar-refractivity contribution is 6.23. The van der Waals surface area contributed by atoms with E-state index in [2.05, 4.69) is 12.2 Å². The van der Waals surface area contributed by atoms with Crippen molar-refractivity contribution in [2.24, 2.45) is 0 Å². The van der Waals surface area contributed by atoms with Crippen molar-refractivity contribution in [2.75, 3.05) is 10.2 Å². The fourth-order valence-electron chi connectivity index (χ4n) is 2.98. The summed E-state index contributed by atoms with van der Waals surface area (Å²) in [6.07, 6.45) is 1.11. The molecule has 4 nitrogen and oxygen atoms in total. The third-order valence-corrected chi connectivity index (χ3v) is 4.47. The molecule has 0 aliphatic carbocycles. The molecule has 2 amide bonds. The van der Waals surface area contributed by atoms with Crippen LogP contribution in [0.4, 0.5) is 11.4 Å². The third kappa shape index (κ3) is 3.04. The van der Waals surface area contributed by atoms with Gasteiger partial charge in [-0.15, -0.1) is 0 Å². The van der Waals surface area contributed by atoms with E-state index >= 15 is 0 Å². The van der Waals surface area contributed by atoms with Gasteiger partial charge in [-0.2, -0.15) is 0 Å². The van der Waals surface area contributed by atoms with Gasteiger partial charge in [-0.1, -0.05) is 31.2 Å². The second-order valence-corrected chi connectivity index (χ2v) is 6.31. The molecule has 1 atom stereocenters. The van der Waals surface area contributed by atoms with E-state index in [0.29, 0.717) is 5.69 Å². The average molecular weight is 322 g/mol. The number of carbonyl (C=O) groups is 2. The minimum absolute atomic E-state index is 0.160. The van der Waals surface area contributed by atoms with Gasteiger partial charge >= 0.3 is 0 Å². The Labute approximate surface area is 142 Å². The SMILES string of the molecule is CCc1ccc(N2C(=O)CC(Nc3cc(C)ccc3C)C2=O)cc1. The molecular formula is C20H22N2O2. The van der Waals surface area contributed by atoms with Crippen molar-refractivity contribution in [1.29, 1.82) is 0 Å². The molecule has 0 saturated carbocycles. The first-order valence-electron chi connectivity index (χ1n) is 8.29. The lowest BCUT2D eigenvalue weighted by Gasteiger charge is -2.17. The Morgan fingerprint density at radius 3 is 2.46 bits per heavy atom. The number of hydrogen-bond acceptors (Lipinski definition) is 3. The maximum Gasteiger partial charge on any atom is 0.256 e. The van der Waals surface area contributed by atoms with E-state index < -0.39 is 6.04 Å². The molecule has 1 unspecified atom stereocenters. The number of hydrogen-bond donors (Lipinski definition) is 1. The number of nitrogens with one attached hydrogen (secondary N) is 1. The van der Waals surface area contributed by atoms with Gasteiger partial charge in [-0.05, 0) is 55.2 Å². The van der Waals surface area contributed by atoms with Gasteiger partial charge in [0.2, 0.25) is 5.91 Å². The molecule has 1 N–H and O–H groups in total. The number of carbonyl (C=O) groups excluding carboxylic acids is 2. The summed E-state index contributed by atoms with van der Waals surface area (Å²) in [4.78, 5) is 26.4. The first-order chi connectivity index (χ1) is 11.5. The van der Waals surface area contributed by atoms with Crippen molar-refractivity contribution in [1.82, 2.24) is 0 Å². The van der Waals surface area contributed by atoms with Gasteiger partial charge in [0.05, 0.1) is 12.1 Å². The number of rotatable bonds is 4. The van der Waals surface area contributed by atoms with Crippen LogP contribution in [0.15, 0.2) is 42.5 Å². The number of nitrogens with zero attached hydrogens (tertiary/aromatic N) is 1. The smallest absolute Gasteiger partial charge is 0.256 e. The zero-order chi connectivity index (χ0) is 17.3. The summed E-state index contributed by atoms with van der Waals surface area (Å²) in [6.45, 7) is 6.07. The second-order valence-electron chi connectivity index (χ2n) is 6.31. The van der Waals surface area contributed by atoms with Crippen LogP contribution in [-0.2, 0) is 16.0 Å². The van der Waals surface area contributed by atoms with Crippen molar-refractivity contribution in [3.8, 4) is 0 Å². The fourth-order valence-corrected chi connectivity index (χ4v) is 2.98. The van der Waals surface area contributed by atoms with Gasteiger partial charge in [0.15, 0.2) is 0 Å². The Bertz CT molecular complexity index is 781. The Hall–Kier alpha value is -2.62. The highest BCUT2D eigenvalue weighted by atomic mass is 16.2. The highest BCUT2D eigenvalue weighted by Gasteiger charge is 2.39. The Balaban J connectivity index is 1.82. The van der Waals surface area contributed by atoms with Crippen LogP contribution in [0.3, 0.4) is 0 Å². The van der Waals surface area contributed by atoms with Crippen LogP contribution in [-0.4, -0.2) is 17.9 Å². The molecule has 1 aliphatic rings. The predicted molar refractivity (Wildman–Crippen MR) is 96.3 cm³/mol. The van der Waals surface area contributed by atoms with Gasteiger partial charge in [0, 0.05) is 5.69 Å². The van der Waals surface area contributed by atoms with E-state index in [-0.39, 0.29) is 18.2 Å². The van der Waals surface area contributed by atoms with E-state index in [0.717, 1.165) is 23.2 Å². The summed E-state index contributed by atoms with van der Waals surface area (Å²) < 4.78 is 0. The van der Waals surface area contributed by atoms with Crippen molar-refractivity contribution in [3.05, 3.63) is 59.2 Å². The molecule has 1 fully saturated rings. The van der Waals surface area contributed by atoms with E-state index in [9.17, 15) is 9.59 Å². The average Bonchev–Trinajstić information content (AvgIpc) is 2.85. The van der Waals surface area contributed by atoms with Gasteiger partial charge in [0.25, 0.3) is 5.91 Å². The molecule has 0 spiro atoms. The molecular weight excluding hydrogens is 300 g/mol. The number of amides is 2. The molecule has 3 rings (SSSR count). The first kappa shape index (κ1) is 16.2. The maximum atomic E-state index is 12.7. The van der Waals surface area contributed by atoms with Crippen molar-refractivity contribution >= 4 is 23.2 Å². The van der Waals surface area contributed by atoms with Crippen LogP contribution in [0.2, 0.25) is 0 Å². The summed E-state index contributed by atoms with van der Waals surface area (Å²) in [5.41, 5.74) is 4.91. The lowest BCUT2D eigenvalue weighted by molar-refractivity contribution is -0.121. The summed E-state index contributed by atoms with van der Waals surface area (Å²) in [5.74, 6) is -0.350. The summed E-state index contributed by atoms with van der Waals surface area (Å²) in [5, 5.41) is 3.24. The molecule has 1 heterocycles. The topological polar surface area (TPSA) is 49.4 Å². The normalized spacial score (nSPS) is 17.5. The number of aryl methyl sites for hydroxylation is 3. The van der Waals surface area contributed by atoms with Crippen molar-refractivity contribution < 1.29 is 9.59 Å². The number of benzene rings is 2. The zero-order valence-corrected chi connectivity index (χ0v) is 14.3. The molecule has 0 radical (unpaired) electrons. The maximum absolute atomic E-state index is 12.7. The van der Waals surface area contributed by atoms with Crippen LogP contribution < -0.4 is 10.2 Å². The van der Waals surface area contributed by atoms with Crippen LogP contribution in [0.5, 0.6) is 0 Å². The van der Waals surface area contributed by atoms with Gasteiger partial charge in [-0.3, -0.25) is 9.59 Å². The molecule has 2 aromatic rings. The quantitative estimate of drug-likeness (QED) is 0.875. The highest BCUT2D eigenvalue weighted by Crippen LogP contribution is 2.26. The molecule has 0 bridgehead atoms.